The summed E-state index contributed by atoms with van der Waals surface area (Å²) in [7, 11) is 1.59. The van der Waals surface area contributed by atoms with Crippen molar-refractivity contribution >= 4 is 27.7 Å². The minimum absolute atomic E-state index is 0.107. The fourth-order valence-corrected chi connectivity index (χ4v) is 3.09. The van der Waals surface area contributed by atoms with Gasteiger partial charge in [-0.25, -0.2) is 0 Å². The monoisotopic (exact) mass is 432 g/mol. The van der Waals surface area contributed by atoms with Crippen LogP contribution in [0.2, 0.25) is 0 Å². The maximum absolute atomic E-state index is 12.8. The van der Waals surface area contributed by atoms with Gasteiger partial charge >= 0.3 is 0 Å². The molecule has 27 heavy (non-hydrogen) atoms. The number of likely N-dealkylation sites (N-methyl/N-ethyl adjacent to an activating group) is 1. The Hall–Kier alpha value is -2.34. The lowest BCUT2D eigenvalue weighted by molar-refractivity contribution is -0.142. The van der Waals surface area contributed by atoms with Gasteiger partial charge in [0.1, 0.15) is 11.8 Å². The van der Waals surface area contributed by atoms with Gasteiger partial charge in [-0.2, -0.15) is 0 Å². The fourth-order valence-electron chi connectivity index (χ4n) is 2.82. The third kappa shape index (κ3) is 6.40. The van der Waals surface area contributed by atoms with Crippen LogP contribution in [0.5, 0.6) is 5.75 Å². The van der Waals surface area contributed by atoms with Crippen molar-refractivity contribution in [1.82, 2.24) is 10.2 Å². The molecule has 0 spiro atoms. The van der Waals surface area contributed by atoms with E-state index in [2.05, 4.69) is 21.2 Å². The highest BCUT2D eigenvalue weighted by atomic mass is 79.9. The van der Waals surface area contributed by atoms with Gasteiger partial charge in [0.15, 0.2) is 6.61 Å². The number of rotatable bonds is 9. The molecule has 1 atom stereocenters. The van der Waals surface area contributed by atoms with Crippen molar-refractivity contribution in [3.63, 3.8) is 0 Å². The van der Waals surface area contributed by atoms with E-state index in [4.69, 9.17) is 4.74 Å². The zero-order valence-electron chi connectivity index (χ0n) is 15.7. The number of halogens is 1. The molecule has 1 N–H and O–H groups in total. The van der Waals surface area contributed by atoms with Crippen molar-refractivity contribution in [2.24, 2.45) is 0 Å². The van der Waals surface area contributed by atoms with Crippen molar-refractivity contribution in [1.29, 1.82) is 0 Å². The van der Waals surface area contributed by atoms with Crippen molar-refractivity contribution in [2.75, 3.05) is 20.2 Å². The molecule has 0 unspecified atom stereocenters. The van der Waals surface area contributed by atoms with Crippen LogP contribution < -0.4 is 10.1 Å². The Labute approximate surface area is 168 Å². The molecular weight excluding hydrogens is 408 g/mol. The van der Waals surface area contributed by atoms with E-state index >= 15 is 0 Å². The predicted molar refractivity (Wildman–Crippen MR) is 110 cm³/mol. The van der Waals surface area contributed by atoms with Crippen molar-refractivity contribution in [3.05, 3.63) is 64.6 Å². The molecule has 2 aromatic carbocycles. The van der Waals surface area contributed by atoms with Crippen LogP contribution in [-0.2, 0) is 16.0 Å². The molecule has 6 heteroatoms. The molecule has 0 aliphatic rings. The second-order valence-electron chi connectivity index (χ2n) is 6.10. The first-order chi connectivity index (χ1) is 13.0. The molecule has 0 aromatic heterocycles. The molecule has 0 saturated heterocycles. The molecule has 2 amide bonds. The molecule has 0 saturated carbocycles. The van der Waals surface area contributed by atoms with Gasteiger partial charge in [-0.15, -0.1) is 0 Å². The minimum Gasteiger partial charge on any atom is -0.484 e. The first-order valence-electron chi connectivity index (χ1n) is 8.98. The number of hydrogen-bond acceptors (Lipinski definition) is 3. The van der Waals surface area contributed by atoms with E-state index in [0.717, 1.165) is 10.0 Å². The average molecular weight is 433 g/mol. The molecule has 144 valence electrons. The van der Waals surface area contributed by atoms with Gasteiger partial charge in [-0.05, 0) is 42.7 Å². The SMILES string of the molecule is CC[C@@H](C(=O)NC)N(CCc1ccccc1)C(=O)COc1ccc(Br)cc1. The maximum atomic E-state index is 12.8. The molecular formula is C21H25BrN2O3. The lowest BCUT2D eigenvalue weighted by atomic mass is 10.1. The number of nitrogens with one attached hydrogen (secondary N) is 1. The third-order valence-corrected chi connectivity index (χ3v) is 4.82. The summed E-state index contributed by atoms with van der Waals surface area (Å²) in [6.45, 7) is 2.25. The zero-order chi connectivity index (χ0) is 19.6. The average Bonchev–Trinajstić information content (AvgIpc) is 2.70. The van der Waals surface area contributed by atoms with Crippen molar-refractivity contribution in [2.45, 2.75) is 25.8 Å². The fraction of sp³-hybridized carbons (Fsp3) is 0.333. The molecule has 0 heterocycles. The van der Waals surface area contributed by atoms with Crippen LogP contribution in [0.1, 0.15) is 18.9 Å². The lowest BCUT2D eigenvalue weighted by Gasteiger charge is -2.30. The van der Waals surface area contributed by atoms with Crippen molar-refractivity contribution in [3.8, 4) is 5.75 Å². The quantitative estimate of drug-likeness (QED) is 0.660. The molecule has 2 aromatic rings. The number of ether oxygens (including phenoxy) is 1. The minimum atomic E-state index is -0.514. The van der Waals surface area contributed by atoms with E-state index in [1.807, 2.05) is 49.4 Å². The van der Waals surface area contributed by atoms with Gasteiger partial charge in [-0.3, -0.25) is 9.59 Å². The van der Waals surface area contributed by atoms with Crippen molar-refractivity contribution < 1.29 is 14.3 Å². The summed E-state index contributed by atoms with van der Waals surface area (Å²) in [6, 6.07) is 16.7. The van der Waals surface area contributed by atoms with Gasteiger partial charge < -0.3 is 15.0 Å². The topological polar surface area (TPSA) is 58.6 Å². The number of carbonyl (C=O) groups is 2. The molecule has 0 radical (unpaired) electrons. The highest BCUT2D eigenvalue weighted by Crippen LogP contribution is 2.16. The zero-order valence-corrected chi connectivity index (χ0v) is 17.2. The molecule has 0 aliphatic heterocycles. The first-order valence-corrected chi connectivity index (χ1v) is 9.77. The number of hydrogen-bond donors (Lipinski definition) is 1. The van der Waals surface area contributed by atoms with Gasteiger partial charge in [-0.1, -0.05) is 53.2 Å². The Balaban J connectivity index is 2.07. The van der Waals surface area contributed by atoms with E-state index in [9.17, 15) is 9.59 Å². The number of amides is 2. The summed E-state index contributed by atoms with van der Waals surface area (Å²) < 4.78 is 6.56. The molecule has 0 fully saturated rings. The first kappa shape index (κ1) is 21.0. The highest BCUT2D eigenvalue weighted by Gasteiger charge is 2.27. The summed E-state index contributed by atoms with van der Waals surface area (Å²) in [6.07, 6.45) is 1.22. The van der Waals surface area contributed by atoms with E-state index in [0.29, 0.717) is 25.1 Å². The van der Waals surface area contributed by atoms with Crippen LogP contribution in [0, 0.1) is 0 Å². The van der Waals surface area contributed by atoms with Crippen LogP contribution in [0.25, 0.3) is 0 Å². The molecule has 5 nitrogen and oxygen atoms in total. The second kappa shape index (κ2) is 10.7. The Morgan fingerprint density at radius 2 is 1.78 bits per heavy atom. The second-order valence-corrected chi connectivity index (χ2v) is 7.02. The van der Waals surface area contributed by atoms with E-state index < -0.39 is 6.04 Å². The predicted octanol–water partition coefficient (Wildman–Crippen LogP) is 3.42. The normalized spacial score (nSPS) is 11.5. The van der Waals surface area contributed by atoms with Crippen LogP contribution in [0.4, 0.5) is 0 Å². The maximum Gasteiger partial charge on any atom is 0.261 e. The van der Waals surface area contributed by atoms with Crippen LogP contribution in [0.15, 0.2) is 59.1 Å². The van der Waals surface area contributed by atoms with Crippen LogP contribution in [-0.4, -0.2) is 43.0 Å². The molecule has 0 aliphatic carbocycles. The molecule has 0 bridgehead atoms. The Kier molecular flexibility index (Phi) is 8.33. The summed E-state index contributed by atoms with van der Waals surface area (Å²) in [5, 5.41) is 2.65. The van der Waals surface area contributed by atoms with Gasteiger partial charge in [0.2, 0.25) is 5.91 Å². The summed E-state index contributed by atoms with van der Waals surface area (Å²) in [4.78, 5) is 26.7. The Morgan fingerprint density at radius 3 is 2.37 bits per heavy atom. The number of nitrogens with zero attached hydrogens (tertiary/aromatic N) is 1. The lowest BCUT2D eigenvalue weighted by Crippen LogP contribution is -2.50. The number of benzene rings is 2. The van der Waals surface area contributed by atoms with E-state index in [-0.39, 0.29) is 18.4 Å². The number of carbonyl (C=O) groups excluding carboxylic acids is 2. The Morgan fingerprint density at radius 1 is 1.11 bits per heavy atom. The largest absolute Gasteiger partial charge is 0.484 e. The third-order valence-electron chi connectivity index (χ3n) is 4.29. The molecule has 2 rings (SSSR count). The van der Waals surface area contributed by atoms with Gasteiger partial charge in [0.05, 0.1) is 0 Å². The van der Waals surface area contributed by atoms with Gasteiger partial charge in [0.25, 0.3) is 5.91 Å². The highest BCUT2D eigenvalue weighted by molar-refractivity contribution is 9.10. The Bertz CT molecular complexity index is 735. The van der Waals surface area contributed by atoms with Crippen LogP contribution >= 0.6 is 15.9 Å². The van der Waals surface area contributed by atoms with E-state index in [1.165, 1.54) is 0 Å². The van der Waals surface area contributed by atoms with Crippen LogP contribution in [0.3, 0.4) is 0 Å². The van der Waals surface area contributed by atoms with E-state index in [1.54, 1.807) is 24.1 Å². The smallest absolute Gasteiger partial charge is 0.261 e. The summed E-state index contributed by atoms with van der Waals surface area (Å²) in [5.74, 6) is 0.245. The summed E-state index contributed by atoms with van der Waals surface area (Å²) >= 11 is 3.37. The summed E-state index contributed by atoms with van der Waals surface area (Å²) in [5.41, 5.74) is 1.12. The standard InChI is InChI=1S/C21H25BrN2O3/c1-3-19(21(26)23-2)24(14-13-16-7-5-4-6-8-16)20(25)15-27-18-11-9-17(22)10-12-18/h4-12,19H,3,13-15H2,1-2H3,(H,23,26)/t19-/m0/s1. The van der Waals surface area contributed by atoms with Gasteiger partial charge in [0, 0.05) is 18.1 Å².